The molecule has 19 heavy (non-hydrogen) atoms. The van der Waals surface area contributed by atoms with Crippen LogP contribution in [0.25, 0.3) is 0 Å². The summed E-state index contributed by atoms with van der Waals surface area (Å²) in [5.41, 5.74) is 0.639. The van der Waals surface area contributed by atoms with E-state index in [1.165, 1.54) is 6.07 Å². The van der Waals surface area contributed by atoms with E-state index in [2.05, 4.69) is 5.32 Å². The minimum Gasteiger partial charge on any atom is -0.481 e. The molecule has 0 aliphatic heterocycles. The summed E-state index contributed by atoms with van der Waals surface area (Å²) in [6.45, 7) is 1.92. The fourth-order valence-electron chi connectivity index (χ4n) is 2.84. The van der Waals surface area contributed by atoms with Gasteiger partial charge in [0.15, 0.2) is 0 Å². The lowest BCUT2D eigenvalue weighted by Crippen LogP contribution is -2.38. The zero-order chi connectivity index (χ0) is 13.8. The standard InChI is InChI=1S/C15H20FNO2/c1-10(13-7-2-3-8-14(13)16)17-12-6-4-5-11(9-12)15(18)19/h2-3,7-8,10-12,17H,4-6,9H2,1H3,(H,18,19). The van der Waals surface area contributed by atoms with E-state index >= 15 is 0 Å². The van der Waals surface area contributed by atoms with Gasteiger partial charge in [0.25, 0.3) is 0 Å². The maximum absolute atomic E-state index is 13.7. The van der Waals surface area contributed by atoms with Crippen molar-refractivity contribution in [1.29, 1.82) is 0 Å². The van der Waals surface area contributed by atoms with Gasteiger partial charge in [0.05, 0.1) is 5.92 Å². The van der Waals surface area contributed by atoms with Gasteiger partial charge < -0.3 is 10.4 Å². The van der Waals surface area contributed by atoms with Crippen molar-refractivity contribution in [2.24, 2.45) is 5.92 Å². The average molecular weight is 265 g/mol. The van der Waals surface area contributed by atoms with Gasteiger partial charge in [0, 0.05) is 17.6 Å². The molecule has 0 heterocycles. The molecule has 1 aromatic carbocycles. The predicted molar refractivity (Wildman–Crippen MR) is 71.3 cm³/mol. The van der Waals surface area contributed by atoms with E-state index < -0.39 is 5.97 Å². The Labute approximate surface area is 112 Å². The van der Waals surface area contributed by atoms with Gasteiger partial charge >= 0.3 is 5.97 Å². The third kappa shape index (κ3) is 3.53. The van der Waals surface area contributed by atoms with E-state index in [1.807, 2.05) is 13.0 Å². The van der Waals surface area contributed by atoms with E-state index in [9.17, 15) is 9.18 Å². The number of carbonyl (C=O) groups is 1. The van der Waals surface area contributed by atoms with Gasteiger partial charge in [-0.3, -0.25) is 4.79 Å². The molecular formula is C15H20FNO2. The van der Waals surface area contributed by atoms with Crippen LogP contribution in [0, 0.1) is 11.7 Å². The van der Waals surface area contributed by atoms with Gasteiger partial charge in [-0.15, -0.1) is 0 Å². The third-order valence-corrected chi connectivity index (χ3v) is 3.88. The molecule has 0 spiro atoms. The molecule has 3 nitrogen and oxygen atoms in total. The summed E-state index contributed by atoms with van der Waals surface area (Å²) in [4.78, 5) is 11.0. The number of hydrogen-bond acceptors (Lipinski definition) is 2. The number of benzene rings is 1. The summed E-state index contributed by atoms with van der Waals surface area (Å²) >= 11 is 0. The van der Waals surface area contributed by atoms with E-state index in [4.69, 9.17) is 5.11 Å². The summed E-state index contributed by atoms with van der Waals surface area (Å²) < 4.78 is 13.7. The highest BCUT2D eigenvalue weighted by molar-refractivity contribution is 5.70. The Morgan fingerprint density at radius 3 is 2.84 bits per heavy atom. The van der Waals surface area contributed by atoms with Crippen LogP contribution in [0.3, 0.4) is 0 Å². The molecule has 1 saturated carbocycles. The fraction of sp³-hybridized carbons (Fsp3) is 0.533. The SMILES string of the molecule is CC(NC1CCCC(C(=O)O)C1)c1ccccc1F. The smallest absolute Gasteiger partial charge is 0.306 e. The summed E-state index contributed by atoms with van der Waals surface area (Å²) in [7, 11) is 0. The number of carboxylic acids is 1. The van der Waals surface area contributed by atoms with Gasteiger partial charge in [-0.25, -0.2) is 4.39 Å². The topological polar surface area (TPSA) is 49.3 Å². The molecule has 0 amide bonds. The number of halogens is 1. The van der Waals surface area contributed by atoms with Crippen LogP contribution in [0.5, 0.6) is 0 Å². The minimum absolute atomic E-state index is 0.0984. The highest BCUT2D eigenvalue weighted by Crippen LogP contribution is 2.27. The number of aliphatic carboxylic acids is 1. The molecule has 2 rings (SSSR count). The molecule has 0 saturated heterocycles. The van der Waals surface area contributed by atoms with Crippen LogP contribution < -0.4 is 5.32 Å². The summed E-state index contributed by atoms with van der Waals surface area (Å²) in [5.74, 6) is -1.20. The second-order valence-electron chi connectivity index (χ2n) is 5.31. The first-order valence-corrected chi connectivity index (χ1v) is 6.81. The average Bonchev–Trinajstić information content (AvgIpc) is 2.39. The predicted octanol–water partition coefficient (Wildman–Crippen LogP) is 3.12. The first-order chi connectivity index (χ1) is 9.08. The van der Waals surface area contributed by atoms with Crippen LogP contribution >= 0.6 is 0 Å². The second-order valence-corrected chi connectivity index (χ2v) is 5.31. The van der Waals surface area contributed by atoms with Crippen LogP contribution in [-0.4, -0.2) is 17.1 Å². The maximum atomic E-state index is 13.7. The Balaban J connectivity index is 1.97. The quantitative estimate of drug-likeness (QED) is 0.879. The molecule has 2 N–H and O–H groups in total. The van der Waals surface area contributed by atoms with E-state index in [1.54, 1.807) is 12.1 Å². The van der Waals surface area contributed by atoms with Gasteiger partial charge in [-0.05, 0) is 32.3 Å². The molecule has 0 radical (unpaired) electrons. The third-order valence-electron chi connectivity index (χ3n) is 3.88. The van der Waals surface area contributed by atoms with Crippen molar-refractivity contribution >= 4 is 5.97 Å². The molecule has 1 fully saturated rings. The summed E-state index contributed by atoms with van der Waals surface area (Å²) in [6, 6.07) is 6.77. The summed E-state index contributed by atoms with van der Waals surface area (Å²) in [5, 5.41) is 12.4. The molecule has 3 unspecified atom stereocenters. The summed E-state index contributed by atoms with van der Waals surface area (Å²) in [6.07, 6.45) is 3.26. The molecule has 4 heteroatoms. The van der Waals surface area contributed by atoms with Crippen molar-refractivity contribution in [3.05, 3.63) is 35.6 Å². The van der Waals surface area contributed by atoms with Crippen molar-refractivity contribution in [3.8, 4) is 0 Å². The fourth-order valence-corrected chi connectivity index (χ4v) is 2.84. The Bertz CT molecular complexity index is 450. The molecule has 1 aromatic rings. The highest BCUT2D eigenvalue weighted by Gasteiger charge is 2.27. The molecule has 104 valence electrons. The largest absolute Gasteiger partial charge is 0.481 e. The zero-order valence-electron chi connectivity index (χ0n) is 11.1. The van der Waals surface area contributed by atoms with Crippen molar-refractivity contribution < 1.29 is 14.3 Å². The van der Waals surface area contributed by atoms with Crippen LogP contribution in [0.1, 0.15) is 44.2 Å². The lowest BCUT2D eigenvalue weighted by molar-refractivity contribution is -0.143. The molecular weight excluding hydrogens is 245 g/mol. The van der Waals surface area contributed by atoms with Crippen LogP contribution in [0.15, 0.2) is 24.3 Å². The Kier molecular flexibility index (Phi) is 4.53. The molecule has 3 atom stereocenters. The van der Waals surface area contributed by atoms with Gasteiger partial charge in [-0.2, -0.15) is 0 Å². The van der Waals surface area contributed by atoms with Crippen LogP contribution in [-0.2, 0) is 4.79 Å². The number of nitrogens with one attached hydrogen (secondary N) is 1. The van der Waals surface area contributed by atoms with E-state index in [0.29, 0.717) is 12.0 Å². The number of hydrogen-bond donors (Lipinski definition) is 2. The molecule has 0 bridgehead atoms. The van der Waals surface area contributed by atoms with Gasteiger partial charge in [0.2, 0.25) is 0 Å². The Morgan fingerprint density at radius 2 is 2.16 bits per heavy atom. The minimum atomic E-state index is -0.718. The van der Waals surface area contributed by atoms with Crippen molar-refractivity contribution in [3.63, 3.8) is 0 Å². The molecule has 1 aliphatic rings. The van der Waals surface area contributed by atoms with Crippen molar-refractivity contribution in [2.45, 2.75) is 44.7 Å². The van der Waals surface area contributed by atoms with Crippen molar-refractivity contribution in [1.82, 2.24) is 5.32 Å². The normalized spacial score (nSPS) is 24.9. The molecule has 1 aliphatic carbocycles. The number of carboxylic acid groups (broad SMARTS) is 1. The monoisotopic (exact) mass is 265 g/mol. The maximum Gasteiger partial charge on any atom is 0.306 e. The Hall–Kier alpha value is -1.42. The molecule has 0 aromatic heterocycles. The van der Waals surface area contributed by atoms with E-state index in [-0.39, 0.29) is 23.8 Å². The highest BCUT2D eigenvalue weighted by atomic mass is 19.1. The van der Waals surface area contributed by atoms with E-state index in [0.717, 1.165) is 19.3 Å². The lowest BCUT2D eigenvalue weighted by Gasteiger charge is -2.30. The first kappa shape index (κ1) is 14.0. The second kappa shape index (κ2) is 6.15. The van der Waals surface area contributed by atoms with Gasteiger partial charge in [-0.1, -0.05) is 24.6 Å². The van der Waals surface area contributed by atoms with Crippen LogP contribution in [0.4, 0.5) is 4.39 Å². The zero-order valence-corrected chi connectivity index (χ0v) is 11.1. The van der Waals surface area contributed by atoms with Gasteiger partial charge in [0.1, 0.15) is 5.82 Å². The first-order valence-electron chi connectivity index (χ1n) is 6.81. The van der Waals surface area contributed by atoms with Crippen molar-refractivity contribution in [2.75, 3.05) is 0 Å². The van der Waals surface area contributed by atoms with Crippen LogP contribution in [0.2, 0.25) is 0 Å². The Morgan fingerprint density at radius 1 is 1.42 bits per heavy atom. The number of rotatable bonds is 4. The lowest BCUT2D eigenvalue weighted by atomic mass is 9.85.